The molecule has 1 aliphatic rings. The van der Waals surface area contributed by atoms with E-state index in [9.17, 15) is 14.4 Å². The minimum atomic E-state index is -0.532. The lowest BCUT2D eigenvalue weighted by molar-refractivity contribution is -0.114. The molecule has 0 saturated heterocycles. The number of furan rings is 1. The largest absolute Gasteiger partial charge is 0.486 e. The van der Waals surface area contributed by atoms with Crippen LogP contribution in [-0.2, 0) is 9.59 Å². The molecule has 4 aromatic carbocycles. The maximum absolute atomic E-state index is 13.4. The normalized spacial score (nSPS) is 12.2. The predicted molar refractivity (Wildman–Crippen MR) is 186 cm³/mol. The summed E-state index contributed by atoms with van der Waals surface area (Å²) in [6.07, 6.45) is 1.49. The lowest BCUT2D eigenvalue weighted by atomic mass is 10.2. The zero-order valence-electron chi connectivity index (χ0n) is 24.8. The zero-order chi connectivity index (χ0) is 32.6. The molecule has 0 aliphatic carbocycles. The first-order valence-electron chi connectivity index (χ1n) is 14.6. The molecular formula is C36H28BrN3O6S. The number of hydrogen-bond donors (Lipinski definition) is 3. The van der Waals surface area contributed by atoms with Crippen molar-refractivity contribution < 1.29 is 28.3 Å². The van der Waals surface area contributed by atoms with Gasteiger partial charge in [0.05, 0.1) is 5.75 Å². The van der Waals surface area contributed by atoms with E-state index in [1.165, 1.54) is 17.8 Å². The Morgan fingerprint density at radius 2 is 1.49 bits per heavy atom. The zero-order valence-corrected chi connectivity index (χ0v) is 27.2. The second kappa shape index (κ2) is 14.9. The van der Waals surface area contributed by atoms with E-state index in [0.29, 0.717) is 53.2 Å². The van der Waals surface area contributed by atoms with Crippen LogP contribution in [0.3, 0.4) is 0 Å². The molecule has 0 spiro atoms. The summed E-state index contributed by atoms with van der Waals surface area (Å²) in [5, 5.41) is 8.42. The van der Waals surface area contributed by atoms with Crippen molar-refractivity contribution >= 4 is 62.9 Å². The number of amides is 3. The van der Waals surface area contributed by atoms with Crippen LogP contribution in [0.1, 0.15) is 16.1 Å². The van der Waals surface area contributed by atoms with Crippen molar-refractivity contribution in [2.75, 3.05) is 29.6 Å². The minimum absolute atomic E-state index is 0.00446. The van der Waals surface area contributed by atoms with E-state index in [2.05, 4.69) is 31.9 Å². The molecule has 2 heterocycles. The third-order valence-corrected chi connectivity index (χ3v) is 8.42. The highest BCUT2D eigenvalue weighted by Gasteiger charge is 2.17. The van der Waals surface area contributed by atoms with Gasteiger partial charge in [-0.1, -0.05) is 46.3 Å². The van der Waals surface area contributed by atoms with Gasteiger partial charge >= 0.3 is 0 Å². The fourth-order valence-electron chi connectivity index (χ4n) is 4.58. The van der Waals surface area contributed by atoms with Gasteiger partial charge in [-0.3, -0.25) is 14.4 Å². The van der Waals surface area contributed by atoms with Crippen molar-refractivity contribution in [3.05, 3.63) is 131 Å². The third kappa shape index (κ3) is 8.51. The van der Waals surface area contributed by atoms with Crippen molar-refractivity contribution in [3.8, 4) is 22.8 Å². The van der Waals surface area contributed by atoms with Gasteiger partial charge in [-0.25, -0.2) is 0 Å². The fraction of sp³-hybridized carbons (Fsp3) is 0.0833. The van der Waals surface area contributed by atoms with E-state index in [4.69, 9.17) is 13.9 Å². The fourth-order valence-corrected chi connectivity index (χ4v) is 5.55. The average molecular weight is 711 g/mol. The topological polar surface area (TPSA) is 119 Å². The number of ether oxygens (including phenoxy) is 2. The molecule has 11 heteroatoms. The van der Waals surface area contributed by atoms with Crippen LogP contribution >= 0.6 is 27.7 Å². The standard InChI is InChI=1S/C36H28BrN3O6S/c37-25-8-6-23(7-9-25)31-17-13-28(46-31)21-30(40-35(42)24-4-2-1-3-5-24)36(43)39-26-10-14-29(15-11-26)47-22-34(41)38-27-12-16-32-33(20-27)45-19-18-44-32/h1-17,20-21H,18-19,22H2,(H,38,41)(H,39,43)(H,40,42). The SMILES string of the molecule is O=C(CSc1ccc(NC(=O)C(=Cc2ccc(-c3ccc(Br)cc3)o2)NC(=O)c2ccccc2)cc1)Nc1ccc2c(c1)OCCO2. The van der Waals surface area contributed by atoms with Crippen LogP contribution in [0.5, 0.6) is 11.5 Å². The lowest BCUT2D eigenvalue weighted by Gasteiger charge is -2.19. The van der Waals surface area contributed by atoms with Crippen LogP contribution in [-0.4, -0.2) is 36.7 Å². The van der Waals surface area contributed by atoms with Crippen molar-refractivity contribution in [2.24, 2.45) is 0 Å². The molecule has 0 saturated carbocycles. The molecule has 3 amide bonds. The van der Waals surface area contributed by atoms with Gasteiger partial charge in [0.15, 0.2) is 11.5 Å². The Morgan fingerprint density at radius 1 is 0.766 bits per heavy atom. The Kier molecular flexibility index (Phi) is 10.0. The Hall–Kier alpha value is -5.26. The quantitative estimate of drug-likeness (QED) is 0.101. The Morgan fingerprint density at radius 3 is 2.26 bits per heavy atom. The van der Waals surface area contributed by atoms with E-state index in [1.807, 2.05) is 24.3 Å². The van der Waals surface area contributed by atoms with Crippen molar-refractivity contribution in [1.82, 2.24) is 5.32 Å². The number of thioether (sulfide) groups is 1. The molecule has 6 rings (SSSR count). The second-order valence-electron chi connectivity index (χ2n) is 10.3. The smallest absolute Gasteiger partial charge is 0.272 e. The van der Waals surface area contributed by atoms with Crippen LogP contribution in [0, 0.1) is 0 Å². The number of hydrogen-bond acceptors (Lipinski definition) is 7. The number of carbonyl (C=O) groups excluding carboxylic acids is 3. The first-order chi connectivity index (χ1) is 22.9. The summed E-state index contributed by atoms with van der Waals surface area (Å²) >= 11 is 4.79. The highest BCUT2D eigenvalue weighted by atomic mass is 79.9. The molecule has 0 radical (unpaired) electrons. The van der Waals surface area contributed by atoms with Gasteiger partial charge in [0.2, 0.25) is 5.91 Å². The number of halogens is 1. The number of rotatable bonds is 10. The number of fused-ring (bicyclic) bond motifs is 1. The molecule has 0 atom stereocenters. The van der Waals surface area contributed by atoms with Crippen LogP contribution in [0.25, 0.3) is 17.4 Å². The predicted octanol–water partition coefficient (Wildman–Crippen LogP) is 7.62. The van der Waals surface area contributed by atoms with Crippen molar-refractivity contribution in [1.29, 1.82) is 0 Å². The summed E-state index contributed by atoms with van der Waals surface area (Å²) in [6, 6.07) is 32.2. The molecule has 9 nitrogen and oxygen atoms in total. The van der Waals surface area contributed by atoms with E-state index in [-0.39, 0.29) is 17.4 Å². The number of carbonyl (C=O) groups is 3. The Labute approximate surface area is 283 Å². The number of anilines is 2. The van der Waals surface area contributed by atoms with Gasteiger partial charge in [-0.2, -0.15) is 0 Å². The maximum atomic E-state index is 13.4. The molecule has 1 aliphatic heterocycles. The van der Waals surface area contributed by atoms with Gasteiger partial charge in [-0.15, -0.1) is 11.8 Å². The Balaban J connectivity index is 1.10. The molecule has 236 valence electrons. The van der Waals surface area contributed by atoms with Crippen LogP contribution in [0.2, 0.25) is 0 Å². The van der Waals surface area contributed by atoms with Crippen molar-refractivity contribution in [3.63, 3.8) is 0 Å². The summed E-state index contributed by atoms with van der Waals surface area (Å²) in [5.74, 6) is 1.31. The first-order valence-corrected chi connectivity index (χ1v) is 16.3. The van der Waals surface area contributed by atoms with Gasteiger partial charge in [0.25, 0.3) is 11.8 Å². The summed E-state index contributed by atoms with van der Waals surface area (Å²) in [5.41, 5.74) is 2.41. The molecule has 5 aromatic rings. The van der Waals surface area contributed by atoms with Crippen molar-refractivity contribution in [2.45, 2.75) is 4.90 Å². The summed E-state index contributed by atoms with van der Waals surface area (Å²) in [4.78, 5) is 39.8. The molecular weight excluding hydrogens is 682 g/mol. The summed E-state index contributed by atoms with van der Waals surface area (Å²) < 4.78 is 18.0. The molecule has 0 fully saturated rings. The average Bonchev–Trinajstić information content (AvgIpc) is 3.57. The van der Waals surface area contributed by atoms with E-state index < -0.39 is 11.8 Å². The molecule has 47 heavy (non-hydrogen) atoms. The Bertz CT molecular complexity index is 1920. The summed E-state index contributed by atoms with van der Waals surface area (Å²) in [6.45, 7) is 0.967. The van der Waals surface area contributed by atoms with Gasteiger partial charge in [0, 0.05) is 44.0 Å². The number of nitrogens with one attached hydrogen (secondary N) is 3. The van der Waals surface area contributed by atoms with Crippen LogP contribution in [0.15, 0.2) is 129 Å². The maximum Gasteiger partial charge on any atom is 0.272 e. The van der Waals surface area contributed by atoms with Gasteiger partial charge < -0.3 is 29.8 Å². The summed E-state index contributed by atoms with van der Waals surface area (Å²) in [7, 11) is 0. The van der Waals surface area contributed by atoms with Gasteiger partial charge in [-0.05, 0) is 72.8 Å². The highest BCUT2D eigenvalue weighted by molar-refractivity contribution is 9.10. The number of benzene rings is 4. The van der Waals surface area contributed by atoms with Crippen LogP contribution in [0.4, 0.5) is 11.4 Å². The molecule has 3 N–H and O–H groups in total. The van der Waals surface area contributed by atoms with Gasteiger partial charge in [0.1, 0.15) is 30.4 Å². The third-order valence-electron chi connectivity index (χ3n) is 6.88. The molecule has 1 aromatic heterocycles. The lowest BCUT2D eigenvalue weighted by Crippen LogP contribution is -2.30. The first kappa shape index (κ1) is 31.7. The molecule has 0 unspecified atom stereocenters. The highest BCUT2D eigenvalue weighted by Crippen LogP contribution is 2.33. The van der Waals surface area contributed by atoms with E-state index in [0.717, 1.165) is 14.9 Å². The van der Waals surface area contributed by atoms with E-state index >= 15 is 0 Å². The van der Waals surface area contributed by atoms with E-state index in [1.54, 1.807) is 84.9 Å². The second-order valence-corrected chi connectivity index (χ2v) is 12.2. The monoisotopic (exact) mass is 709 g/mol. The molecule has 0 bridgehead atoms. The minimum Gasteiger partial charge on any atom is -0.486 e. The van der Waals surface area contributed by atoms with Crippen LogP contribution < -0.4 is 25.4 Å².